The molecule has 7 heteroatoms. The molecule has 7 nitrogen and oxygen atoms in total. The number of rotatable bonds is 5. The van der Waals surface area contributed by atoms with Gasteiger partial charge < -0.3 is 15.0 Å². The molecule has 0 radical (unpaired) electrons. The van der Waals surface area contributed by atoms with Gasteiger partial charge in [0.25, 0.3) is 0 Å². The molecule has 0 spiro atoms. The van der Waals surface area contributed by atoms with Crippen LogP contribution in [0.25, 0.3) is 22.2 Å². The van der Waals surface area contributed by atoms with E-state index < -0.39 is 12.1 Å². The fourth-order valence-corrected chi connectivity index (χ4v) is 4.17. The fraction of sp³-hybridized carbons (Fsp3) is 0.192. The Labute approximate surface area is 191 Å². The van der Waals surface area contributed by atoms with Crippen molar-refractivity contribution in [2.24, 2.45) is 0 Å². The van der Waals surface area contributed by atoms with E-state index in [1.807, 2.05) is 72.8 Å². The molecular formula is C26H24N4O3. The van der Waals surface area contributed by atoms with Crippen molar-refractivity contribution >= 4 is 28.7 Å². The normalized spacial score (nSPS) is 15.5. The first kappa shape index (κ1) is 20.8. The quantitative estimate of drug-likeness (QED) is 0.459. The predicted molar refractivity (Wildman–Crippen MR) is 127 cm³/mol. The summed E-state index contributed by atoms with van der Waals surface area (Å²) in [5, 5.41) is 2.97. The topological polar surface area (TPSA) is 87.3 Å². The van der Waals surface area contributed by atoms with E-state index in [1.165, 1.54) is 4.90 Å². The summed E-state index contributed by atoms with van der Waals surface area (Å²) in [6.45, 7) is 0.697. The molecule has 2 heterocycles. The Hall–Kier alpha value is -4.13. The average molecular weight is 441 g/mol. The van der Waals surface area contributed by atoms with Crippen molar-refractivity contribution in [1.82, 2.24) is 14.9 Å². The fourth-order valence-electron chi connectivity index (χ4n) is 4.17. The highest BCUT2D eigenvalue weighted by Gasteiger charge is 2.35. The number of H-pyrrole nitrogens is 1. The molecule has 2 N–H and O–H groups in total. The van der Waals surface area contributed by atoms with E-state index in [0.717, 1.165) is 34.1 Å². The van der Waals surface area contributed by atoms with Crippen LogP contribution in [-0.2, 0) is 16.1 Å². The maximum atomic E-state index is 13.0. The molecule has 166 valence electrons. The molecule has 0 saturated carbocycles. The molecule has 3 aromatic carbocycles. The van der Waals surface area contributed by atoms with E-state index in [0.29, 0.717) is 18.7 Å². The summed E-state index contributed by atoms with van der Waals surface area (Å²) in [4.78, 5) is 34.6. The lowest BCUT2D eigenvalue weighted by atomic mass is 10.0. The number of ether oxygens (including phenoxy) is 1. The number of hydrogen-bond acceptors (Lipinski definition) is 4. The Morgan fingerprint density at radius 2 is 1.88 bits per heavy atom. The van der Waals surface area contributed by atoms with E-state index in [4.69, 9.17) is 4.74 Å². The van der Waals surface area contributed by atoms with Crippen LogP contribution in [0.1, 0.15) is 18.4 Å². The zero-order chi connectivity index (χ0) is 22.6. The Bertz CT molecular complexity index is 1280. The van der Waals surface area contributed by atoms with Crippen LogP contribution in [0.4, 0.5) is 10.5 Å². The second-order valence-electron chi connectivity index (χ2n) is 8.10. The number of aromatic amines is 1. The summed E-state index contributed by atoms with van der Waals surface area (Å²) in [5.74, 6) is -0.205. The van der Waals surface area contributed by atoms with Gasteiger partial charge in [0.1, 0.15) is 12.6 Å². The molecule has 0 bridgehead atoms. The third-order valence-electron chi connectivity index (χ3n) is 5.88. The van der Waals surface area contributed by atoms with Crippen LogP contribution in [0, 0.1) is 0 Å². The molecule has 1 aromatic heterocycles. The standard InChI is InChI=1S/C26H24N4O3/c31-25(24-10-5-13-30(24)26(32)33-16-18-6-2-1-3-7-18)29-21-9-4-8-19(14-21)20-11-12-22-23(15-20)28-17-27-22/h1-4,6-9,11-12,14-15,17,24H,5,10,13,16H2,(H,27,28)(H,29,31)/t24-/m0/s1. The van der Waals surface area contributed by atoms with Gasteiger partial charge in [0.05, 0.1) is 17.4 Å². The Balaban J connectivity index is 1.25. The van der Waals surface area contributed by atoms with Crippen LogP contribution in [-0.4, -0.2) is 39.5 Å². The van der Waals surface area contributed by atoms with Crippen molar-refractivity contribution in [2.45, 2.75) is 25.5 Å². The van der Waals surface area contributed by atoms with Crippen LogP contribution in [0.5, 0.6) is 0 Å². The number of fused-ring (bicyclic) bond motifs is 1. The van der Waals surface area contributed by atoms with Gasteiger partial charge in [-0.25, -0.2) is 9.78 Å². The molecule has 2 amide bonds. The Kier molecular flexibility index (Phi) is 5.76. The average Bonchev–Trinajstić information content (AvgIpc) is 3.53. The number of nitrogens with zero attached hydrogens (tertiary/aromatic N) is 2. The summed E-state index contributed by atoms with van der Waals surface area (Å²) in [6, 6.07) is 22.7. The van der Waals surface area contributed by atoms with Crippen molar-refractivity contribution in [2.75, 3.05) is 11.9 Å². The number of aromatic nitrogens is 2. The lowest BCUT2D eigenvalue weighted by Gasteiger charge is -2.23. The summed E-state index contributed by atoms with van der Waals surface area (Å²) in [6.07, 6.45) is 2.59. The minimum atomic E-state index is -0.544. The molecule has 1 aliphatic rings. The molecule has 1 atom stereocenters. The van der Waals surface area contributed by atoms with Crippen LogP contribution in [0.15, 0.2) is 79.1 Å². The zero-order valence-corrected chi connectivity index (χ0v) is 18.0. The second-order valence-corrected chi connectivity index (χ2v) is 8.10. The number of benzene rings is 3. The van der Waals surface area contributed by atoms with Crippen molar-refractivity contribution in [3.63, 3.8) is 0 Å². The maximum Gasteiger partial charge on any atom is 0.410 e. The first-order valence-electron chi connectivity index (χ1n) is 11.0. The van der Waals surface area contributed by atoms with Gasteiger partial charge in [0.15, 0.2) is 0 Å². The molecule has 5 rings (SSSR count). The lowest BCUT2D eigenvalue weighted by Crippen LogP contribution is -2.43. The van der Waals surface area contributed by atoms with Gasteiger partial charge in [0.2, 0.25) is 5.91 Å². The molecule has 4 aromatic rings. The molecule has 1 aliphatic heterocycles. The lowest BCUT2D eigenvalue weighted by molar-refractivity contribution is -0.120. The largest absolute Gasteiger partial charge is 0.445 e. The van der Waals surface area contributed by atoms with Gasteiger partial charge in [-0.2, -0.15) is 0 Å². The van der Waals surface area contributed by atoms with Crippen LogP contribution < -0.4 is 5.32 Å². The van der Waals surface area contributed by atoms with Crippen molar-refractivity contribution in [1.29, 1.82) is 0 Å². The van der Waals surface area contributed by atoms with Crippen molar-refractivity contribution in [3.05, 3.63) is 84.7 Å². The second kappa shape index (κ2) is 9.16. The number of nitrogens with one attached hydrogen (secondary N) is 2. The molecule has 1 fully saturated rings. The number of carbonyl (C=O) groups is 2. The van der Waals surface area contributed by atoms with E-state index in [1.54, 1.807) is 6.33 Å². The third-order valence-corrected chi connectivity index (χ3v) is 5.88. The molecule has 33 heavy (non-hydrogen) atoms. The smallest absolute Gasteiger partial charge is 0.410 e. The Morgan fingerprint density at radius 1 is 1.03 bits per heavy atom. The van der Waals surface area contributed by atoms with Crippen LogP contribution in [0.2, 0.25) is 0 Å². The SMILES string of the molecule is O=C(Nc1cccc(-c2ccc3[nH]cnc3c2)c1)[C@@H]1CCCN1C(=O)OCc1ccccc1. The van der Waals surface area contributed by atoms with Gasteiger partial charge >= 0.3 is 6.09 Å². The highest BCUT2D eigenvalue weighted by atomic mass is 16.6. The highest BCUT2D eigenvalue weighted by Crippen LogP contribution is 2.26. The Morgan fingerprint density at radius 3 is 2.76 bits per heavy atom. The first-order chi connectivity index (χ1) is 16.2. The summed E-state index contributed by atoms with van der Waals surface area (Å²) in [5.41, 5.74) is 5.45. The monoisotopic (exact) mass is 440 g/mol. The van der Waals surface area contributed by atoms with Crippen molar-refractivity contribution in [3.8, 4) is 11.1 Å². The maximum absolute atomic E-state index is 13.0. The first-order valence-corrected chi connectivity index (χ1v) is 11.0. The highest BCUT2D eigenvalue weighted by molar-refractivity contribution is 5.97. The molecular weight excluding hydrogens is 416 g/mol. The third kappa shape index (κ3) is 4.57. The van der Waals surface area contributed by atoms with Gasteiger partial charge in [-0.05, 0) is 53.8 Å². The number of carbonyl (C=O) groups excluding carboxylic acids is 2. The van der Waals surface area contributed by atoms with E-state index >= 15 is 0 Å². The number of anilines is 1. The summed E-state index contributed by atoms with van der Waals surface area (Å²) in [7, 11) is 0. The van der Waals surface area contributed by atoms with Gasteiger partial charge in [-0.15, -0.1) is 0 Å². The molecule has 0 unspecified atom stereocenters. The number of amides is 2. The van der Waals surface area contributed by atoms with Gasteiger partial charge in [-0.1, -0.05) is 48.5 Å². The van der Waals surface area contributed by atoms with E-state index in [-0.39, 0.29) is 12.5 Å². The zero-order valence-electron chi connectivity index (χ0n) is 18.0. The van der Waals surface area contributed by atoms with Crippen LogP contribution >= 0.6 is 0 Å². The van der Waals surface area contributed by atoms with Crippen LogP contribution in [0.3, 0.4) is 0 Å². The molecule has 1 saturated heterocycles. The summed E-state index contributed by atoms with van der Waals surface area (Å²) < 4.78 is 5.45. The number of likely N-dealkylation sites (tertiary alicyclic amines) is 1. The van der Waals surface area contributed by atoms with Gasteiger partial charge in [0, 0.05) is 12.2 Å². The number of hydrogen-bond donors (Lipinski definition) is 2. The molecule has 0 aliphatic carbocycles. The number of imidazole rings is 1. The van der Waals surface area contributed by atoms with E-state index in [2.05, 4.69) is 15.3 Å². The predicted octanol–water partition coefficient (Wildman–Crippen LogP) is 4.97. The minimum absolute atomic E-state index is 0.187. The van der Waals surface area contributed by atoms with Gasteiger partial charge in [-0.3, -0.25) is 9.69 Å². The van der Waals surface area contributed by atoms with E-state index in [9.17, 15) is 9.59 Å². The van der Waals surface area contributed by atoms with Crippen molar-refractivity contribution < 1.29 is 14.3 Å². The minimum Gasteiger partial charge on any atom is -0.445 e. The summed E-state index contributed by atoms with van der Waals surface area (Å²) >= 11 is 0.